The quantitative estimate of drug-likeness (QED) is 0.821. The molecule has 0 saturated heterocycles. The maximum absolute atomic E-state index is 9.24. The van der Waals surface area contributed by atoms with Crippen LogP contribution < -0.4 is 0 Å². The summed E-state index contributed by atoms with van der Waals surface area (Å²) in [5.41, 5.74) is 2.04. The molecule has 0 unspecified atom stereocenters. The highest BCUT2D eigenvalue weighted by Crippen LogP contribution is 2.43. The minimum atomic E-state index is 0.0402. The van der Waals surface area contributed by atoms with E-state index in [0.29, 0.717) is 12.0 Å². The molecule has 4 nitrogen and oxygen atoms in total. The van der Waals surface area contributed by atoms with E-state index >= 15 is 0 Å². The van der Waals surface area contributed by atoms with Crippen molar-refractivity contribution in [2.75, 3.05) is 0 Å². The van der Waals surface area contributed by atoms with Crippen molar-refractivity contribution >= 4 is 0 Å². The average Bonchev–Trinajstić information content (AvgIpc) is 2.83. The third kappa shape index (κ3) is 1.57. The third-order valence-corrected chi connectivity index (χ3v) is 3.59. The number of hydrogen-bond acceptors (Lipinski definition) is 3. The molecule has 2 aliphatic rings. The van der Waals surface area contributed by atoms with Crippen LogP contribution in [0.4, 0.5) is 0 Å². The Labute approximate surface area is 89.3 Å². The lowest BCUT2D eigenvalue weighted by Crippen LogP contribution is -2.10. The van der Waals surface area contributed by atoms with Gasteiger partial charge in [0.2, 0.25) is 0 Å². The van der Waals surface area contributed by atoms with Crippen molar-refractivity contribution in [2.24, 2.45) is 0 Å². The third-order valence-electron chi connectivity index (χ3n) is 3.59. The van der Waals surface area contributed by atoms with Crippen LogP contribution in [-0.4, -0.2) is 20.1 Å². The van der Waals surface area contributed by atoms with E-state index in [0.717, 1.165) is 5.69 Å². The van der Waals surface area contributed by atoms with Gasteiger partial charge in [0.1, 0.15) is 5.69 Å². The maximum Gasteiger partial charge on any atom is 0.112 e. The number of nitrogens with zero attached hydrogens (tertiary/aromatic N) is 3. The first-order valence-electron chi connectivity index (χ1n) is 5.95. The molecule has 0 aromatic carbocycles. The maximum atomic E-state index is 9.24. The van der Waals surface area contributed by atoms with Gasteiger partial charge in [-0.15, -0.1) is 5.10 Å². The zero-order valence-corrected chi connectivity index (χ0v) is 8.89. The summed E-state index contributed by atoms with van der Waals surface area (Å²) in [6.45, 7) is 0.0402. The predicted octanol–water partition coefficient (Wildman–Crippen LogP) is 1.76. The van der Waals surface area contributed by atoms with Gasteiger partial charge in [-0.2, -0.15) is 0 Å². The fourth-order valence-corrected chi connectivity index (χ4v) is 2.64. The van der Waals surface area contributed by atoms with Gasteiger partial charge in [0.25, 0.3) is 0 Å². The van der Waals surface area contributed by atoms with Gasteiger partial charge < -0.3 is 5.11 Å². The van der Waals surface area contributed by atoms with Crippen LogP contribution in [0, 0.1) is 0 Å². The summed E-state index contributed by atoms with van der Waals surface area (Å²) in [4.78, 5) is 0. The molecule has 0 aliphatic heterocycles. The molecule has 2 saturated carbocycles. The molecule has 0 atom stereocenters. The van der Waals surface area contributed by atoms with Crippen LogP contribution in [-0.2, 0) is 6.61 Å². The average molecular weight is 207 g/mol. The zero-order valence-electron chi connectivity index (χ0n) is 8.89. The molecule has 3 rings (SSSR count). The highest BCUT2D eigenvalue weighted by Gasteiger charge is 2.33. The Hall–Kier alpha value is -0.900. The lowest BCUT2D eigenvalue weighted by atomic mass is 10.2. The first kappa shape index (κ1) is 9.33. The van der Waals surface area contributed by atoms with Crippen LogP contribution in [0.3, 0.4) is 0 Å². The summed E-state index contributed by atoms with van der Waals surface area (Å²) in [5, 5.41) is 17.6. The molecule has 1 heterocycles. The van der Waals surface area contributed by atoms with Gasteiger partial charge in [-0.25, -0.2) is 4.68 Å². The van der Waals surface area contributed by atoms with E-state index < -0.39 is 0 Å². The second-order valence-electron chi connectivity index (χ2n) is 4.74. The second kappa shape index (κ2) is 3.59. The van der Waals surface area contributed by atoms with Crippen LogP contribution >= 0.6 is 0 Å². The largest absolute Gasteiger partial charge is 0.390 e. The highest BCUT2D eigenvalue weighted by atomic mass is 16.3. The Morgan fingerprint density at radius 1 is 1.20 bits per heavy atom. The van der Waals surface area contributed by atoms with Gasteiger partial charge >= 0.3 is 0 Å². The van der Waals surface area contributed by atoms with Gasteiger partial charge in [-0.05, 0) is 25.7 Å². The molecule has 0 bridgehead atoms. The summed E-state index contributed by atoms with van der Waals surface area (Å²) in [6, 6.07) is 0.549. The van der Waals surface area contributed by atoms with Gasteiger partial charge in [0.15, 0.2) is 0 Å². The fraction of sp³-hybridized carbons (Fsp3) is 0.818. The lowest BCUT2D eigenvalue weighted by molar-refractivity contribution is 0.275. The van der Waals surface area contributed by atoms with Gasteiger partial charge in [0.05, 0.1) is 18.3 Å². The van der Waals surface area contributed by atoms with Crippen molar-refractivity contribution in [3.63, 3.8) is 0 Å². The van der Waals surface area contributed by atoms with E-state index in [1.54, 1.807) is 0 Å². The molecule has 1 aromatic heterocycles. The monoisotopic (exact) mass is 207 g/mol. The second-order valence-corrected chi connectivity index (χ2v) is 4.74. The number of aliphatic hydroxyl groups excluding tert-OH is 1. The molecule has 1 N–H and O–H groups in total. The summed E-state index contributed by atoms with van der Waals surface area (Å²) in [5.74, 6) is 0.628. The predicted molar refractivity (Wildman–Crippen MR) is 55.4 cm³/mol. The Morgan fingerprint density at radius 3 is 2.53 bits per heavy atom. The summed E-state index contributed by atoms with van der Waals surface area (Å²) in [6.07, 6.45) is 7.56. The van der Waals surface area contributed by atoms with Crippen molar-refractivity contribution in [1.29, 1.82) is 0 Å². The molecule has 0 spiro atoms. The van der Waals surface area contributed by atoms with E-state index in [9.17, 15) is 5.11 Å². The molecule has 2 aliphatic carbocycles. The van der Waals surface area contributed by atoms with Crippen molar-refractivity contribution in [3.05, 3.63) is 11.4 Å². The van der Waals surface area contributed by atoms with E-state index in [1.165, 1.54) is 44.2 Å². The van der Waals surface area contributed by atoms with Crippen LogP contribution in [0.25, 0.3) is 0 Å². The number of hydrogen-bond donors (Lipinski definition) is 1. The molecule has 0 radical (unpaired) electrons. The van der Waals surface area contributed by atoms with Gasteiger partial charge in [-0.3, -0.25) is 0 Å². The zero-order chi connectivity index (χ0) is 10.3. The van der Waals surface area contributed by atoms with Crippen molar-refractivity contribution < 1.29 is 5.11 Å². The molecule has 15 heavy (non-hydrogen) atoms. The SMILES string of the molecule is OCc1nnn(C2CCCC2)c1C1CC1. The van der Waals surface area contributed by atoms with E-state index in [4.69, 9.17) is 0 Å². The molecule has 2 fully saturated rings. The minimum absolute atomic E-state index is 0.0402. The number of aliphatic hydroxyl groups is 1. The first-order valence-corrected chi connectivity index (χ1v) is 5.95. The lowest BCUT2D eigenvalue weighted by Gasteiger charge is -2.12. The molecular weight excluding hydrogens is 190 g/mol. The molecule has 82 valence electrons. The Bertz CT molecular complexity index is 351. The Morgan fingerprint density at radius 2 is 1.93 bits per heavy atom. The molecular formula is C11H17N3O. The van der Waals surface area contributed by atoms with Crippen molar-refractivity contribution in [3.8, 4) is 0 Å². The summed E-state index contributed by atoms with van der Waals surface area (Å²) >= 11 is 0. The Balaban J connectivity index is 1.94. The smallest absolute Gasteiger partial charge is 0.112 e. The van der Waals surface area contributed by atoms with Crippen LogP contribution in [0.5, 0.6) is 0 Å². The molecule has 4 heteroatoms. The van der Waals surface area contributed by atoms with Gasteiger partial charge in [0, 0.05) is 5.92 Å². The summed E-state index contributed by atoms with van der Waals surface area (Å²) in [7, 11) is 0. The van der Waals surface area contributed by atoms with Crippen molar-refractivity contribution in [2.45, 2.75) is 57.1 Å². The Kier molecular flexibility index (Phi) is 2.24. The van der Waals surface area contributed by atoms with Gasteiger partial charge in [-0.1, -0.05) is 18.1 Å². The summed E-state index contributed by atoms with van der Waals surface area (Å²) < 4.78 is 2.11. The molecule has 1 aromatic rings. The van der Waals surface area contributed by atoms with E-state index in [-0.39, 0.29) is 6.61 Å². The highest BCUT2D eigenvalue weighted by molar-refractivity contribution is 5.20. The van der Waals surface area contributed by atoms with E-state index in [1.807, 2.05) is 0 Å². The standard InChI is InChI=1S/C11H17N3O/c15-7-10-11(8-5-6-8)14(13-12-10)9-3-1-2-4-9/h8-9,15H,1-7H2. The fourth-order valence-electron chi connectivity index (χ4n) is 2.64. The van der Waals surface area contributed by atoms with Crippen LogP contribution in [0.1, 0.15) is 61.9 Å². The molecule has 0 amide bonds. The number of aromatic nitrogens is 3. The first-order chi connectivity index (χ1) is 7.40. The van der Waals surface area contributed by atoms with E-state index in [2.05, 4.69) is 15.0 Å². The topological polar surface area (TPSA) is 50.9 Å². The van der Waals surface area contributed by atoms with Crippen LogP contribution in [0.2, 0.25) is 0 Å². The minimum Gasteiger partial charge on any atom is -0.390 e. The normalized spacial score (nSPS) is 22.5. The van der Waals surface area contributed by atoms with Crippen molar-refractivity contribution in [1.82, 2.24) is 15.0 Å². The number of rotatable bonds is 3. The van der Waals surface area contributed by atoms with Crippen LogP contribution in [0.15, 0.2) is 0 Å².